The molecule has 0 aliphatic carbocycles. The van der Waals surface area contributed by atoms with Gasteiger partial charge in [0, 0.05) is 6.07 Å². The lowest BCUT2D eigenvalue weighted by Gasteiger charge is -2.28. The topological polar surface area (TPSA) is 103 Å². The standard InChI is InChI=1S/C19H19ClFN3O4S.C2H6/c1-12-3-6-18(16(20)7-12)29(27)23-24(19(26)10-25)13(2)11-28-15-5-4-14(9-22)17(21)8-15;1-2/h3-8,13,23,25H,10-11H2,1-2H3;1-2H3. The highest BCUT2D eigenvalue weighted by Crippen LogP contribution is 2.21. The molecule has 0 aliphatic rings. The summed E-state index contributed by atoms with van der Waals surface area (Å²) in [5.74, 6) is -1.30. The quantitative estimate of drug-likeness (QED) is 0.576. The Balaban J connectivity index is 0.00000233. The molecule has 2 rings (SSSR count). The first-order valence-electron chi connectivity index (χ1n) is 9.46. The fraction of sp³-hybridized carbons (Fsp3) is 0.333. The molecule has 0 aliphatic heterocycles. The van der Waals surface area contributed by atoms with Gasteiger partial charge in [-0.1, -0.05) is 31.5 Å². The third-order valence-corrected chi connectivity index (χ3v) is 5.41. The summed E-state index contributed by atoms with van der Waals surface area (Å²) in [6.07, 6.45) is 0. The van der Waals surface area contributed by atoms with Crippen molar-refractivity contribution in [2.75, 3.05) is 13.2 Å². The number of ether oxygens (including phenoxy) is 1. The Morgan fingerprint density at radius 1 is 1.35 bits per heavy atom. The molecule has 7 nitrogen and oxygen atoms in total. The lowest BCUT2D eigenvalue weighted by Crippen LogP contribution is -2.52. The molecule has 1 amide bonds. The fourth-order valence-corrected chi connectivity index (χ4v) is 3.76. The SMILES string of the molecule is CC.Cc1ccc(S(=O)NN(C(=O)CO)C(C)COc2ccc(C#N)c(F)c2)c(Cl)c1. The van der Waals surface area contributed by atoms with Crippen LogP contribution in [0.4, 0.5) is 4.39 Å². The Hall–Kier alpha value is -2.51. The number of nitrogens with one attached hydrogen (secondary N) is 1. The summed E-state index contributed by atoms with van der Waals surface area (Å²) in [7, 11) is -1.87. The minimum atomic E-state index is -1.87. The van der Waals surface area contributed by atoms with E-state index in [1.807, 2.05) is 20.8 Å². The predicted octanol–water partition coefficient (Wildman–Crippen LogP) is 3.50. The smallest absolute Gasteiger partial charge is 0.263 e. The molecule has 168 valence electrons. The van der Waals surface area contributed by atoms with E-state index in [-0.39, 0.29) is 27.8 Å². The molecule has 0 aromatic heterocycles. The molecule has 0 saturated heterocycles. The molecule has 2 aromatic carbocycles. The summed E-state index contributed by atoms with van der Waals surface area (Å²) in [6.45, 7) is 6.51. The summed E-state index contributed by atoms with van der Waals surface area (Å²) >= 11 is 6.11. The second-order valence-electron chi connectivity index (χ2n) is 6.13. The lowest BCUT2D eigenvalue weighted by molar-refractivity contribution is -0.138. The van der Waals surface area contributed by atoms with Crippen molar-refractivity contribution in [2.45, 2.75) is 38.6 Å². The van der Waals surface area contributed by atoms with Crippen LogP contribution in [-0.2, 0) is 15.8 Å². The number of hydrogen-bond acceptors (Lipinski definition) is 5. The minimum absolute atomic E-state index is 0.0943. The van der Waals surface area contributed by atoms with Gasteiger partial charge in [0.05, 0.1) is 21.5 Å². The number of benzene rings is 2. The van der Waals surface area contributed by atoms with Crippen molar-refractivity contribution in [1.82, 2.24) is 9.84 Å². The van der Waals surface area contributed by atoms with Gasteiger partial charge >= 0.3 is 0 Å². The van der Waals surface area contributed by atoms with Crippen LogP contribution < -0.4 is 9.57 Å². The Morgan fingerprint density at radius 3 is 2.58 bits per heavy atom. The highest BCUT2D eigenvalue weighted by molar-refractivity contribution is 7.83. The van der Waals surface area contributed by atoms with Crippen LogP contribution in [0.1, 0.15) is 31.9 Å². The summed E-state index contributed by atoms with van der Waals surface area (Å²) in [5, 5.41) is 19.2. The second-order valence-corrected chi connectivity index (χ2v) is 7.70. The largest absolute Gasteiger partial charge is 0.491 e. The van der Waals surface area contributed by atoms with Gasteiger partial charge < -0.3 is 9.84 Å². The zero-order valence-corrected chi connectivity index (χ0v) is 19.3. The Bertz CT molecular complexity index is 968. The molecule has 31 heavy (non-hydrogen) atoms. The van der Waals surface area contributed by atoms with Gasteiger partial charge in [-0.25, -0.2) is 8.60 Å². The number of nitriles is 1. The molecule has 2 unspecified atom stereocenters. The zero-order valence-electron chi connectivity index (χ0n) is 17.7. The number of amides is 1. The number of hydrogen-bond donors (Lipinski definition) is 2. The number of rotatable bonds is 8. The molecule has 0 radical (unpaired) electrons. The van der Waals surface area contributed by atoms with Gasteiger partial charge in [0.1, 0.15) is 41.8 Å². The van der Waals surface area contributed by atoms with Crippen LogP contribution in [0.15, 0.2) is 41.3 Å². The van der Waals surface area contributed by atoms with Gasteiger partial charge in [0.2, 0.25) is 0 Å². The number of nitrogens with zero attached hydrogens (tertiary/aromatic N) is 2. The van der Waals surface area contributed by atoms with E-state index in [9.17, 15) is 18.5 Å². The maximum atomic E-state index is 13.7. The van der Waals surface area contributed by atoms with Crippen LogP contribution in [0.25, 0.3) is 0 Å². The van der Waals surface area contributed by atoms with E-state index in [4.69, 9.17) is 21.6 Å². The third kappa shape index (κ3) is 7.60. The van der Waals surface area contributed by atoms with Crippen molar-refractivity contribution < 1.29 is 23.2 Å². The molecule has 2 aromatic rings. The van der Waals surface area contributed by atoms with Crippen molar-refractivity contribution in [3.8, 4) is 11.8 Å². The number of carbonyl (C=O) groups is 1. The second kappa shape index (κ2) is 13.0. The Labute approximate surface area is 188 Å². The van der Waals surface area contributed by atoms with E-state index in [2.05, 4.69) is 4.83 Å². The lowest BCUT2D eigenvalue weighted by atomic mass is 10.2. The van der Waals surface area contributed by atoms with Gasteiger partial charge in [-0.2, -0.15) is 5.26 Å². The first-order valence-corrected chi connectivity index (χ1v) is 11.0. The zero-order chi connectivity index (χ0) is 23.6. The maximum Gasteiger partial charge on any atom is 0.263 e. The van der Waals surface area contributed by atoms with E-state index in [1.54, 1.807) is 31.2 Å². The van der Waals surface area contributed by atoms with E-state index >= 15 is 0 Å². The Kier molecular flexibility index (Phi) is 11.1. The van der Waals surface area contributed by atoms with E-state index in [0.29, 0.717) is 0 Å². The normalized spacial score (nSPS) is 12.1. The van der Waals surface area contributed by atoms with Crippen LogP contribution >= 0.6 is 11.6 Å². The van der Waals surface area contributed by atoms with E-state index in [1.165, 1.54) is 12.1 Å². The van der Waals surface area contributed by atoms with Gasteiger partial charge in [0.15, 0.2) is 0 Å². The van der Waals surface area contributed by atoms with E-state index in [0.717, 1.165) is 16.6 Å². The monoisotopic (exact) mass is 469 g/mol. The van der Waals surface area contributed by atoms with Gasteiger partial charge in [-0.05, 0) is 43.7 Å². The van der Waals surface area contributed by atoms with Crippen LogP contribution in [0.2, 0.25) is 5.02 Å². The Morgan fingerprint density at radius 2 is 2.03 bits per heavy atom. The maximum absolute atomic E-state index is 13.7. The highest BCUT2D eigenvalue weighted by Gasteiger charge is 2.23. The molecular formula is C21H25ClFN3O4S. The summed E-state index contributed by atoms with van der Waals surface area (Å²) in [5.41, 5.74) is 0.769. The van der Waals surface area contributed by atoms with Crippen molar-refractivity contribution >= 4 is 28.5 Å². The average molecular weight is 470 g/mol. The van der Waals surface area contributed by atoms with Gasteiger partial charge in [-0.3, -0.25) is 9.80 Å². The number of aryl methyl sites for hydroxylation is 1. The molecule has 2 atom stereocenters. The molecule has 0 heterocycles. The van der Waals surface area contributed by atoms with Crippen molar-refractivity contribution in [3.63, 3.8) is 0 Å². The predicted molar refractivity (Wildman–Crippen MR) is 117 cm³/mol. The number of aliphatic hydroxyl groups excluding tert-OH is 1. The molecule has 0 bridgehead atoms. The molecule has 2 N–H and O–H groups in total. The van der Waals surface area contributed by atoms with Gasteiger partial charge in [0.25, 0.3) is 5.91 Å². The van der Waals surface area contributed by atoms with Crippen LogP contribution in [0, 0.1) is 24.1 Å². The van der Waals surface area contributed by atoms with Crippen LogP contribution in [0.5, 0.6) is 5.75 Å². The first kappa shape index (κ1) is 26.5. The highest BCUT2D eigenvalue weighted by atomic mass is 35.5. The summed E-state index contributed by atoms with van der Waals surface area (Å²) in [6, 6.07) is 9.72. The van der Waals surface area contributed by atoms with Crippen molar-refractivity contribution in [3.05, 3.63) is 58.4 Å². The van der Waals surface area contributed by atoms with Crippen LogP contribution in [0.3, 0.4) is 0 Å². The number of aliphatic hydroxyl groups is 1. The molecule has 0 spiro atoms. The van der Waals surface area contributed by atoms with Crippen molar-refractivity contribution in [1.29, 1.82) is 5.26 Å². The summed E-state index contributed by atoms with van der Waals surface area (Å²) in [4.78, 5) is 14.9. The molecular weight excluding hydrogens is 445 g/mol. The summed E-state index contributed by atoms with van der Waals surface area (Å²) < 4.78 is 31.8. The average Bonchev–Trinajstić information content (AvgIpc) is 2.76. The third-order valence-electron chi connectivity index (χ3n) is 3.87. The number of hydrazine groups is 1. The fourth-order valence-electron chi connectivity index (χ4n) is 2.33. The first-order chi connectivity index (χ1) is 14.8. The van der Waals surface area contributed by atoms with Crippen molar-refractivity contribution in [2.24, 2.45) is 0 Å². The van der Waals surface area contributed by atoms with E-state index < -0.39 is 35.4 Å². The molecule has 10 heteroatoms. The molecule has 0 fully saturated rings. The van der Waals surface area contributed by atoms with Crippen LogP contribution in [-0.4, -0.2) is 39.5 Å². The number of carbonyl (C=O) groups excluding carboxylic acids is 1. The molecule has 0 saturated carbocycles. The minimum Gasteiger partial charge on any atom is -0.491 e. The number of halogens is 2. The van der Waals surface area contributed by atoms with Gasteiger partial charge in [-0.15, -0.1) is 4.83 Å².